The number of nitrogens with zero attached hydrogens (tertiary/aromatic N) is 1. The van der Waals surface area contributed by atoms with Crippen molar-refractivity contribution in [2.45, 2.75) is 18.4 Å². The molecule has 0 spiro atoms. The van der Waals surface area contributed by atoms with Gasteiger partial charge in [-0.3, -0.25) is 9.59 Å². The van der Waals surface area contributed by atoms with Crippen molar-refractivity contribution >= 4 is 29.1 Å². The molecule has 2 atom stereocenters. The average Bonchev–Trinajstić information content (AvgIpc) is 2.92. The molecule has 2 aliphatic heterocycles. The number of nitrogens with one attached hydrogen (secondary N) is 1. The van der Waals surface area contributed by atoms with Gasteiger partial charge in [-0.05, 0) is 41.3 Å². The summed E-state index contributed by atoms with van der Waals surface area (Å²) in [4.78, 5) is 29.6. The van der Waals surface area contributed by atoms with Gasteiger partial charge < -0.3 is 29.2 Å². The van der Waals surface area contributed by atoms with Crippen LogP contribution in [0.15, 0.2) is 48.5 Å². The molecule has 0 unspecified atom stereocenters. The lowest BCUT2D eigenvalue weighted by molar-refractivity contribution is -0.119. The summed E-state index contributed by atoms with van der Waals surface area (Å²) in [5, 5.41) is 3.32. The third kappa shape index (κ3) is 4.11. The number of benzene rings is 3. The topological polar surface area (TPSA) is 86.3 Å². The Morgan fingerprint density at radius 3 is 2.27 bits per heavy atom. The molecule has 3 aromatic carbocycles. The van der Waals surface area contributed by atoms with E-state index in [2.05, 4.69) is 5.32 Å². The summed E-state index contributed by atoms with van der Waals surface area (Å²) in [7, 11) is 6.05. The molecule has 9 heteroatoms. The summed E-state index contributed by atoms with van der Waals surface area (Å²) >= 11 is 6.36. The highest BCUT2D eigenvalue weighted by atomic mass is 35.5. The lowest BCUT2D eigenvalue weighted by atomic mass is 9.75. The zero-order chi connectivity index (χ0) is 26.3. The summed E-state index contributed by atoms with van der Waals surface area (Å²) in [6.45, 7) is 0.496. The van der Waals surface area contributed by atoms with Gasteiger partial charge in [0.25, 0.3) is 5.91 Å². The van der Waals surface area contributed by atoms with E-state index in [0.717, 1.165) is 11.1 Å². The summed E-state index contributed by atoms with van der Waals surface area (Å²) in [6.07, 6.45) is 0.706. The summed E-state index contributed by atoms with van der Waals surface area (Å²) in [5.74, 6) is 0.489. The number of ether oxygens (including phenoxy) is 4. The Morgan fingerprint density at radius 1 is 0.892 bits per heavy atom. The third-order valence-corrected chi connectivity index (χ3v) is 7.34. The quantitative estimate of drug-likeness (QED) is 0.498. The van der Waals surface area contributed by atoms with E-state index in [0.29, 0.717) is 57.8 Å². The highest BCUT2D eigenvalue weighted by Gasteiger charge is 2.47. The first-order valence-electron chi connectivity index (χ1n) is 11.8. The van der Waals surface area contributed by atoms with Crippen LogP contribution < -0.4 is 24.3 Å². The fourth-order valence-electron chi connectivity index (χ4n) is 5.30. The number of carbonyl (C=O) groups excluding carboxylic acids is 2. The minimum atomic E-state index is -0.737. The Hall–Kier alpha value is -3.91. The number of amides is 2. The standard InChI is InChI=1S/C28H27ClN2O6/c1-34-21-14-22(35-2)20(13-19(21)29)30-27(32)25-17-11-23(36-3)24(37-4)12-18(17)28(33)31-10-9-15-7-5-6-8-16(15)26(25)31/h5-8,11-14,25-26H,9-10H2,1-4H3,(H,30,32)/t25-,26-/m1/s1. The molecule has 0 bridgehead atoms. The zero-order valence-electron chi connectivity index (χ0n) is 21.0. The smallest absolute Gasteiger partial charge is 0.254 e. The number of fused-ring (bicyclic) bond motifs is 4. The molecular formula is C28H27ClN2O6. The van der Waals surface area contributed by atoms with Gasteiger partial charge >= 0.3 is 0 Å². The Labute approximate surface area is 220 Å². The molecule has 1 N–H and O–H groups in total. The van der Waals surface area contributed by atoms with E-state index in [1.54, 1.807) is 29.2 Å². The Morgan fingerprint density at radius 2 is 1.57 bits per heavy atom. The third-order valence-electron chi connectivity index (χ3n) is 7.04. The predicted molar refractivity (Wildman–Crippen MR) is 139 cm³/mol. The van der Waals surface area contributed by atoms with Crippen molar-refractivity contribution in [3.05, 3.63) is 75.8 Å². The molecular weight excluding hydrogens is 496 g/mol. The van der Waals surface area contributed by atoms with Crippen LogP contribution >= 0.6 is 11.6 Å². The van der Waals surface area contributed by atoms with E-state index in [9.17, 15) is 9.59 Å². The van der Waals surface area contributed by atoms with Crippen LogP contribution in [-0.2, 0) is 11.2 Å². The molecule has 0 aromatic heterocycles. The fourth-order valence-corrected chi connectivity index (χ4v) is 5.54. The lowest BCUT2D eigenvalue weighted by Crippen LogP contribution is -2.49. The molecule has 0 radical (unpaired) electrons. The van der Waals surface area contributed by atoms with Crippen molar-refractivity contribution < 1.29 is 28.5 Å². The first-order valence-corrected chi connectivity index (χ1v) is 12.2. The van der Waals surface area contributed by atoms with Crippen LogP contribution in [0.5, 0.6) is 23.0 Å². The molecule has 2 amide bonds. The minimum Gasteiger partial charge on any atom is -0.495 e. The second kappa shape index (κ2) is 9.86. The molecule has 3 aromatic rings. The Bertz CT molecular complexity index is 1390. The van der Waals surface area contributed by atoms with Crippen LogP contribution in [0.2, 0.25) is 5.02 Å². The van der Waals surface area contributed by atoms with Gasteiger partial charge in [0.1, 0.15) is 11.5 Å². The van der Waals surface area contributed by atoms with Crippen molar-refractivity contribution in [1.29, 1.82) is 0 Å². The average molecular weight is 523 g/mol. The van der Waals surface area contributed by atoms with Crippen molar-refractivity contribution in [3.63, 3.8) is 0 Å². The molecule has 2 heterocycles. The van der Waals surface area contributed by atoms with Crippen molar-refractivity contribution in [2.24, 2.45) is 0 Å². The number of hydrogen-bond donors (Lipinski definition) is 1. The molecule has 37 heavy (non-hydrogen) atoms. The highest BCUT2D eigenvalue weighted by Crippen LogP contribution is 2.49. The predicted octanol–water partition coefficient (Wildman–Crippen LogP) is 4.85. The van der Waals surface area contributed by atoms with E-state index in [1.165, 1.54) is 28.4 Å². The molecule has 5 rings (SSSR count). The van der Waals surface area contributed by atoms with Crippen LogP contribution in [-0.4, -0.2) is 51.7 Å². The van der Waals surface area contributed by atoms with Gasteiger partial charge in [0.2, 0.25) is 5.91 Å². The van der Waals surface area contributed by atoms with Gasteiger partial charge in [-0.25, -0.2) is 0 Å². The van der Waals surface area contributed by atoms with Crippen molar-refractivity contribution in [1.82, 2.24) is 4.90 Å². The van der Waals surface area contributed by atoms with E-state index >= 15 is 0 Å². The van der Waals surface area contributed by atoms with Gasteiger partial charge in [-0.2, -0.15) is 0 Å². The highest BCUT2D eigenvalue weighted by molar-refractivity contribution is 6.32. The van der Waals surface area contributed by atoms with E-state index in [1.807, 2.05) is 24.3 Å². The van der Waals surface area contributed by atoms with Crippen molar-refractivity contribution in [2.75, 3.05) is 40.3 Å². The van der Waals surface area contributed by atoms with Crippen LogP contribution in [0.4, 0.5) is 5.69 Å². The molecule has 8 nitrogen and oxygen atoms in total. The van der Waals surface area contributed by atoms with Gasteiger partial charge in [0.15, 0.2) is 11.5 Å². The maximum absolute atomic E-state index is 14.1. The number of halogens is 1. The molecule has 0 saturated carbocycles. The van der Waals surface area contributed by atoms with Crippen LogP contribution in [0.3, 0.4) is 0 Å². The fraction of sp³-hybridized carbons (Fsp3) is 0.286. The Kier molecular flexibility index (Phi) is 6.60. The Balaban J connectivity index is 1.67. The van der Waals surface area contributed by atoms with Crippen molar-refractivity contribution in [3.8, 4) is 23.0 Å². The maximum Gasteiger partial charge on any atom is 0.254 e. The van der Waals surface area contributed by atoms with Gasteiger partial charge in [-0.15, -0.1) is 0 Å². The molecule has 0 fully saturated rings. The second-order valence-electron chi connectivity index (χ2n) is 8.84. The SMILES string of the molecule is COc1cc(OC)c(NC(=O)[C@@H]2c3cc(OC)c(OC)cc3C(=O)N3CCc4ccccc4[C@H]23)cc1Cl. The maximum atomic E-state index is 14.1. The molecule has 2 aliphatic rings. The minimum absolute atomic E-state index is 0.149. The number of methoxy groups -OCH3 is 4. The van der Waals surface area contributed by atoms with E-state index in [4.69, 9.17) is 30.5 Å². The summed E-state index contributed by atoms with van der Waals surface area (Å²) in [5.41, 5.74) is 3.43. The van der Waals surface area contributed by atoms with E-state index < -0.39 is 12.0 Å². The number of anilines is 1. The normalized spacial score (nSPS) is 17.8. The number of hydrogen-bond acceptors (Lipinski definition) is 6. The first-order chi connectivity index (χ1) is 17.9. The molecule has 0 aliphatic carbocycles. The first kappa shape index (κ1) is 24.8. The van der Waals surface area contributed by atoms with Crippen LogP contribution in [0.25, 0.3) is 0 Å². The summed E-state index contributed by atoms with van der Waals surface area (Å²) in [6, 6.07) is 14.0. The summed E-state index contributed by atoms with van der Waals surface area (Å²) < 4.78 is 21.8. The molecule has 192 valence electrons. The zero-order valence-corrected chi connectivity index (χ0v) is 21.7. The number of carbonyl (C=O) groups is 2. The number of rotatable bonds is 6. The van der Waals surface area contributed by atoms with Gasteiger partial charge in [-0.1, -0.05) is 35.9 Å². The lowest BCUT2D eigenvalue weighted by Gasteiger charge is -2.45. The monoisotopic (exact) mass is 522 g/mol. The van der Waals surface area contributed by atoms with Crippen LogP contribution in [0, 0.1) is 0 Å². The van der Waals surface area contributed by atoms with Crippen LogP contribution in [0.1, 0.15) is 39.0 Å². The van der Waals surface area contributed by atoms with Gasteiger partial charge in [0.05, 0.1) is 51.1 Å². The molecule has 0 saturated heterocycles. The second-order valence-corrected chi connectivity index (χ2v) is 9.25. The largest absolute Gasteiger partial charge is 0.495 e. The van der Waals surface area contributed by atoms with Gasteiger partial charge in [0, 0.05) is 18.2 Å². The van der Waals surface area contributed by atoms with E-state index in [-0.39, 0.29) is 11.8 Å².